The van der Waals surface area contributed by atoms with E-state index in [0.717, 1.165) is 23.3 Å². The lowest BCUT2D eigenvalue weighted by atomic mass is 10.1. The van der Waals surface area contributed by atoms with E-state index in [1.807, 2.05) is 24.0 Å². The van der Waals surface area contributed by atoms with Crippen molar-refractivity contribution in [3.8, 4) is 5.75 Å². The number of rotatable bonds is 10. The number of hydrogen-bond acceptors (Lipinski definition) is 6. The number of aryl methyl sites for hydroxylation is 1. The first-order valence-corrected chi connectivity index (χ1v) is 10.8. The minimum atomic E-state index is -4.41. The van der Waals surface area contributed by atoms with Crippen molar-refractivity contribution in [2.45, 2.75) is 26.1 Å². The molecule has 1 aliphatic rings. The monoisotopic (exact) mass is 489 g/mol. The Labute approximate surface area is 201 Å². The SMILES string of the molecule is COCCN(Cc1ccc(OCC(=O)O)c(C)c1)c1nccc(C2=CC=C(C(F)(F)F)C=CC2)n1. The second kappa shape index (κ2) is 11.7. The third-order valence-electron chi connectivity index (χ3n) is 5.21. The maximum absolute atomic E-state index is 13.1. The van der Waals surface area contributed by atoms with E-state index in [1.54, 1.807) is 25.4 Å². The van der Waals surface area contributed by atoms with Gasteiger partial charge in [0.25, 0.3) is 0 Å². The first-order chi connectivity index (χ1) is 16.7. The molecule has 0 saturated carbocycles. The lowest BCUT2D eigenvalue weighted by molar-refractivity contribution is -0.139. The first kappa shape index (κ1) is 26.0. The van der Waals surface area contributed by atoms with E-state index in [0.29, 0.717) is 49.1 Å². The molecule has 1 aliphatic carbocycles. The normalized spacial score (nSPS) is 13.6. The molecule has 10 heteroatoms. The Morgan fingerprint density at radius 3 is 2.71 bits per heavy atom. The van der Waals surface area contributed by atoms with Crippen molar-refractivity contribution in [2.24, 2.45) is 0 Å². The van der Waals surface area contributed by atoms with Gasteiger partial charge in [0, 0.05) is 26.4 Å². The molecule has 1 heterocycles. The zero-order valence-corrected chi connectivity index (χ0v) is 19.4. The van der Waals surface area contributed by atoms with Crippen LogP contribution >= 0.6 is 0 Å². The van der Waals surface area contributed by atoms with Crippen molar-refractivity contribution >= 4 is 17.5 Å². The van der Waals surface area contributed by atoms with Crippen LogP contribution in [0.25, 0.3) is 5.57 Å². The van der Waals surface area contributed by atoms with Gasteiger partial charge >= 0.3 is 12.1 Å². The van der Waals surface area contributed by atoms with Gasteiger partial charge in [-0.2, -0.15) is 13.2 Å². The number of alkyl halides is 3. The molecule has 2 aromatic rings. The average molecular weight is 489 g/mol. The predicted molar refractivity (Wildman–Crippen MR) is 125 cm³/mol. The standard InChI is InChI=1S/C25H26F3N3O4/c1-17-14-18(6-9-22(17)35-16-23(32)33)15-31(12-13-34-2)24-29-11-10-21(30-24)19-4-3-5-20(8-7-19)25(26,27)28/h3,5-11,14H,4,12-13,15-16H2,1-2H3,(H,32,33). The molecule has 186 valence electrons. The van der Waals surface area contributed by atoms with Gasteiger partial charge in [0.05, 0.1) is 17.9 Å². The van der Waals surface area contributed by atoms with Crippen LogP contribution < -0.4 is 9.64 Å². The van der Waals surface area contributed by atoms with Crippen LogP contribution in [0.5, 0.6) is 5.75 Å². The van der Waals surface area contributed by atoms with Gasteiger partial charge < -0.3 is 19.5 Å². The highest BCUT2D eigenvalue weighted by atomic mass is 19.4. The van der Waals surface area contributed by atoms with Gasteiger partial charge in [-0.25, -0.2) is 14.8 Å². The van der Waals surface area contributed by atoms with Crippen LogP contribution in [0, 0.1) is 6.92 Å². The Bertz CT molecular complexity index is 1140. The molecule has 7 nitrogen and oxygen atoms in total. The van der Waals surface area contributed by atoms with E-state index in [2.05, 4.69) is 9.97 Å². The topological polar surface area (TPSA) is 84.8 Å². The van der Waals surface area contributed by atoms with Gasteiger partial charge in [0.1, 0.15) is 5.75 Å². The fourth-order valence-electron chi connectivity index (χ4n) is 3.47. The second-order valence-corrected chi connectivity index (χ2v) is 7.86. The van der Waals surface area contributed by atoms with E-state index in [4.69, 9.17) is 14.6 Å². The highest BCUT2D eigenvalue weighted by Gasteiger charge is 2.31. The minimum absolute atomic E-state index is 0.307. The number of halogens is 3. The Hall–Kier alpha value is -3.66. The number of aliphatic carboxylic acids is 1. The molecule has 1 N–H and O–H groups in total. The molecule has 0 amide bonds. The van der Waals surface area contributed by atoms with Crippen molar-refractivity contribution in [3.63, 3.8) is 0 Å². The zero-order valence-electron chi connectivity index (χ0n) is 19.4. The number of carbonyl (C=O) groups is 1. The summed E-state index contributed by atoms with van der Waals surface area (Å²) in [7, 11) is 1.58. The number of benzene rings is 1. The number of carboxylic acid groups (broad SMARTS) is 1. The molecule has 0 unspecified atom stereocenters. The molecule has 0 radical (unpaired) electrons. The van der Waals surface area contributed by atoms with Gasteiger partial charge in [-0.15, -0.1) is 0 Å². The van der Waals surface area contributed by atoms with Crippen LogP contribution in [-0.2, 0) is 16.1 Å². The summed E-state index contributed by atoms with van der Waals surface area (Å²) in [4.78, 5) is 21.7. The highest BCUT2D eigenvalue weighted by Crippen LogP contribution is 2.30. The second-order valence-electron chi connectivity index (χ2n) is 7.86. The third-order valence-corrected chi connectivity index (χ3v) is 5.21. The summed E-state index contributed by atoms with van der Waals surface area (Å²) in [6.07, 6.45) is 2.51. The van der Waals surface area contributed by atoms with Gasteiger partial charge in [0.2, 0.25) is 5.95 Å². The molecular weight excluding hydrogens is 463 g/mol. The summed E-state index contributed by atoms with van der Waals surface area (Å²) in [5.74, 6) is -0.157. The lowest BCUT2D eigenvalue weighted by Gasteiger charge is -2.23. The first-order valence-electron chi connectivity index (χ1n) is 10.8. The van der Waals surface area contributed by atoms with Crippen LogP contribution in [0.3, 0.4) is 0 Å². The number of aromatic nitrogens is 2. The highest BCUT2D eigenvalue weighted by molar-refractivity contribution is 5.69. The quantitative estimate of drug-likeness (QED) is 0.516. The molecule has 0 spiro atoms. The van der Waals surface area contributed by atoms with E-state index in [9.17, 15) is 18.0 Å². The van der Waals surface area contributed by atoms with Crippen LogP contribution in [0.4, 0.5) is 19.1 Å². The number of methoxy groups -OCH3 is 1. The third kappa shape index (κ3) is 7.41. The molecule has 0 saturated heterocycles. The smallest absolute Gasteiger partial charge is 0.416 e. The molecule has 0 aliphatic heterocycles. The molecule has 0 bridgehead atoms. The van der Waals surface area contributed by atoms with Crippen LogP contribution in [-0.4, -0.2) is 54.1 Å². The maximum Gasteiger partial charge on any atom is 0.416 e. The van der Waals surface area contributed by atoms with Gasteiger partial charge in [-0.05, 0) is 48.3 Å². The molecular formula is C25H26F3N3O4. The van der Waals surface area contributed by atoms with Crippen LogP contribution in [0.15, 0.2) is 60.3 Å². The zero-order chi connectivity index (χ0) is 25.4. The Morgan fingerprint density at radius 2 is 2.03 bits per heavy atom. The van der Waals surface area contributed by atoms with Gasteiger partial charge in [-0.3, -0.25) is 0 Å². The summed E-state index contributed by atoms with van der Waals surface area (Å²) in [5, 5.41) is 8.81. The van der Waals surface area contributed by atoms with Crippen molar-refractivity contribution in [1.82, 2.24) is 9.97 Å². The van der Waals surface area contributed by atoms with Crippen molar-refractivity contribution in [2.75, 3.05) is 31.8 Å². The Kier molecular flexibility index (Phi) is 8.64. The van der Waals surface area contributed by atoms with Crippen LogP contribution in [0.1, 0.15) is 23.2 Å². The Balaban J connectivity index is 1.84. The maximum atomic E-state index is 13.1. The molecule has 3 rings (SSSR count). The molecule has 35 heavy (non-hydrogen) atoms. The van der Waals surface area contributed by atoms with Gasteiger partial charge in [-0.1, -0.05) is 30.4 Å². The summed E-state index contributed by atoms with van der Waals surface area (Å²) < 4.78 is 49.7. The number of nitrogens with zero attached hydrogens (tertiary/aromatic N) is 3. The largest absolute Gasteiger partial charge is 0.482 e. The van der Waals surface area contributed by atoms with Gasteiger partial charge in [0.15, 0.2) is 6.61 Å². The van der Waals surface area contributed by atoms with E-state index < -0.39 is 24.3 Å². The number of allylic oxidation sites excluding steroid dienone is 6. The Morgan fingerprint density at radius 1 is 1.23 bits per heavy atom. The fraction of sp³-hybridized carbons (Fsp3) is 0.320. The lowest BCUT2D eigenvalue weighted by Crippen LogP contribution is -2.28. The fourth-order valence-corrected chi connectivity index (χ4v) is 3.47. The average Bonchev–Trinajstić information content (AvgIpc) is 3.08. The molecule has 1 aromatic heterocycles. The summed E-state index contributed by atoms with van der Waals surface area (Å²) in [5.41, 5.74) is 2.18. The van der Waals surface area contributed by atoms with E-state index >= 15 is 0 Å². The van der Waals surface area contributed by atoms with Crippen molar-refractivity contribution < 1.29 is 32.5 Å². The molecule has 1 aromatic carbocycles. The summed E-state index contributed by atoms with van der Waals surface area (Å²) in [6.45, 7) is 2.73. The minimum Gasteiger partial charge on any atom is -0.482 e. The van der Waals surface area contributed by atoms with E-state index in [-0.39, 0.29) is 0 Å². The van der Waals surface area contributed by atoms with Crippen molar-refractivity contribution in [1.29, 1.82) is 0 Å². The van der Waals surface area contributed by atoms with Crippen LogP contribution in [0.2, 0.25) is 0 Å². The summed E-state index contributed by atoms with van der Waals surface area (Å²) >= 11 is 0. The number of anilines is 1. The molecule has 0 atom stereocenters. The number of ether oxygens (including phenoxy) is 2. The predicted octanol–water partition coefficient (Wildman–Crippen LogP) is 4.73. The number of carboxylic acids is 1. The van der Waals surface area contributed by atoms with E-state index in [1.165, 1.54) is 12.2 Å². The van der Waals surface area contributed by atoms with Crippen molar-refractivity contribution in [3.05, 3.63) is 77.2 Å². The number of hydrogen-bond donors (Lipinski definition) is 1. The molecule has 0 fully saturated rings. The summed E-state index contributed by atoms with van der Waals surface area (Å²) in [6, 6.07) is 7.11.